The van der Waals surface area contributed by atoms with Gasteiger partial charge in [-0.2, -0.15) is 5.10 Å². The number of pyridine rings is 1. The van der Waals surface area contributed by atoms with Crippen LogP contribution in [0.25, 0.3) is 11.0 Å². The van der Waals surface area contributed by atoms with E-state index in [0.29, 0.717) is 17.8 Å². The molecule has 2 heterocycles. The average molecular weight is 288 g/mol. The minimum atomic E-state index is -0.744. The molecule has 1 amide bonds. The van der Waals surface area contributed by atoms with Crippen molar-refractivity contribution in [3.05, 3.63) is 23.5 Å². The molecule has 0 atom stereocenters. The Bertz CT molecular complexity index is 686. The second-order valence-electron chi connectivity index (χ2n) is 5.93. The molecular formula is C15H20N4O2. The molecule has 6 heteroatoms. The van der Waals surface area contributed by atoms with Crippen molar-refractivity contribution in [2.75, 3.05) is 6.54 Å². The van der Waals surface area contributed by atoms with Crippen LogP contribution in [0.2, 0.25) is 0 Å². The van der Waals surface area contributed by atoms with E-state index in [1.54, 1.807) is 24.0 Å². The van der Waals surface area contributed by atoms with Gasteiger partial charge in [0.25, 0.3) is 5.91 Å². The van der Waals surface area contributed by atoms with Gasteiger partial charge in [-0.1, -0.05) is 12.8 Å². The number of carbonyl (C=O) groups excluding carboxylic acids is 1. The first-order valence-electron chi connectivity index (χ1n) is 7.28. The topological polar surface area (TPSA) is 80.0 Å². The van der Waals surface area contributed by atoms with Crippen LogP contribution >= 0.6 is 0 Å². The second kappa shape index (κ2) is 5.11. The van der Waals surface area contributed by atoms with Crippen LogP contribution in [0, 0.1) is 6.92 Å². The van der Waals surface area contributed by atoms with Gasteiger partial charge in [-0.3, -0.25) is 9.48 Å². The van der Waals surface area contributed by atoms with Gasteiger partial charge in [0.15, 0.2) is 5.65 Å². The number of fused-ring (bicyclic) bond motifs is 1. The van der Waals surface area contributed by atoms with E-state index < -0.39 is 5.60 Å². The highest BCUT2D eigenvalue weighted by Crippen LogP contribution is 2.28. The lowest BCUT2D eigenvalue weighted by molar-refractivity contribution is 0.0450. The van der Waals surface area contributed by atoms with E-state index in [4.69, 9.17) is 0 Å². The van der Waals surface area contributed by atoms with Crippen LogP contribution in [0.3, 0.4) is 0 Å². The highest BCUT2D eigenvalue weighted by Gasteiger charge is 2.31. The summed E-state index contributed by atoms with van der Waals surface area (Å²) in [5.41, 5.74) is 1.29. The molecule has 112 valence electrons. The van der Waals surface area contributed by atoms with Gasteiger partial charge in [0.05, 0.1) is 22.7 Å². The maximum absolute atomic E-state index is 12.4. The number of rotatable bonds is 3. The Hall–Kier alpha value is -1.95. The van der Waals surface area contributed by atoms with Crippen molar-refractivity contribution < 1.29 is 9.90 Å². The maximum Gasteiger partial charge on any atom is 0.252 e. The van der Waals surface area contributed by atoms with Crippen molar-refractivity contribution in [2.24, 2.45) is 7.05 Å². The van der Waals surface area contributed by atoms with Gasteiger partial charge in [-0.15, -0.1) is 0 Å². The fourth-order valence-corrected chi connectivity index (χ4v) is 2.98. The predicted octanol–water partition coefficient (Wildman–Crippen LogP) is 1.31. The third-order valence-electron chi connectivity index (χ3n) is 4.19. The summed E-state index contributed by atoms with van der Waals surface area (Å²) < 4.78 is 1.66. The molecule has 21 heavy (non-hydrogen) atoms. The summed E-state index contributed by atoms with van der Waals surface area (Å²) in [5, 5.41) is 18.1. The van der Waals surface area contributed by atoms with Crippen LogP contribution in [-0.2, 0) is 7.05 Å². The van der Waals surface area contributed by atoms with Crippen LogP contribution in [0.4, 0.5) is 0 Å². The van der Waals surface area contributed by atoms with E-state index >= 15 is 0 Å². The molecule has 1 aliphatic carbocycles. The minimum absolute atomic E-state index is 0.182. The smallest absolute Gasteiger partial charge is 0.252 e. The standard InChI is InChI=1S/C15H20N4O2/c1-10-7-11(12-8-17-19(2)13(12)18-10)14(20)16-9-15(21)5-3-4-6-15/h7-8,21H,3-6,9H2,1-2H3,(H,16,20). The molecule has 0 unspecified atom stereocenters. The fraction of sp³-hybridized carbons (Fsp3) is 0.533. The predicted molar refractivity (Wildman–Crippen MR) is 79.0 cm³/mol. The second-order valence-corrected chi connectivity index (χ2v) is 5.93. The number of hydrogen-bond donors (Lipinski definition) is 2. The number of carbonyl (C=O) groups is 1. The summed E-state index contributed by atoms with van der Waals surface area (Å²) >= 11 is 0. The van der Waals surface area contributed by atoms with Crippen molar-refractivity contribution >= 4 is 16.9 Å². The third-order valence-corrected chi connectivity index (χ3v) is 4.19. The van der Waals surface area contributed by atoms with Gasteiger partial charge in [0.2, 0.25) is 0 Å². The Labute approximate surface area is 123 Å². The van der Waals surface area contributed by atoms with Crippen LogP contribution in [0.5, 0.6) is 0 Å². The first kappa shape index (κ1) is 14.0. The van der Waals surface area contributed by atoms with E-state index in [9.17, 15) is 9.90 Å². The van der Waals surface area contributed by atoms with Crippen LogP contribution in [0.1, 0.15) is 41.7 Å². The molecule has 0 radical (unpaired) electrons. The number of nitrogens with one attached hydrogen (secondary N) is 1. The zero-order valence-corrected chi connectivity index (χ0v) is 12.4. The molecule has 2 aromatic heterocycles. The summed E-state index contributed by atoms with van der Waals surface area (Å²) in [6.45, 7) is 2.16. The molecule has 1 fully saturated rings. The van der Waals surface area contributed by atoms with Crippen molar-refractivity contribution in [3.63, 3.8) is 0 Å². The summed E-state index contributed by atoms with van der Waals surface area (Å²) in [6, 6.07) is 1.76. The Kier molecular flexibility index (Phi) is 3.41. The van der Waals surface area contributed by atoms with Crippen LogP contribution < -0.4 is 5.32 Å². The lowest BCUT2D eigenvalue weighted by Gasteiger charge is -2.22. The van der Waals surface area contributed by atoms with Crippen LogP contribution in [-0.4, -0.2) is 37.9 Å². The SMILES string of the molecule is Cc1cc(C(=O)NCC2(O)CCCC2)c2cnn(C)c2n1. The normalized spacial score (nSPS) is 17.3. The Morgan fingerprint density at radius 3 is 2.90 bits per heavy atom. The minimum Gasteiger partial charge on any atom is -0.388 e. The molecule has 2 N–H and O–H groups in total. The maximum atomic E-state index is 12.4. The molecule has 3 rings (SSSR count). The Morgan fingerprint density at radius 2 is 2.19 bits per heavy atom. The summed E-state index contributed by atoms with van der Waals surface area (Å²) in [6.07, 6.45) is 5.21. The molecule has 0 spiro atoms. The molecule has 2 aromatic rings. The van der Waals surface area contributed by atoms with Gasteiger partial charge in [0.1, 0.15) is 0 Å². The van der Waals surface area contributed by atoms with Crippen LogP contribution in [0.15, 0.2) is 12.3 Å². The third kappa shape index (κ3) is 2.63. The van der Waals surface area contributed by atoms with E-state index in [0.717, 1.165) is 36.8 Å². The molecule has 0 aliphatic heterocycles. The monoisotopic (exact) mass is 288 g/mol. The average Bonchev–Trinajstić information content (AvgIpc) is 3.04. The highest BCUT2D eigenvalue weighted by atomic mass is 16.3. The zero-order chi connectivity index (χ0) is 15.0. The molecule has 6 nitrogen and oxygen atoms in total. The van der Waals surface area contributed by atoms with Gasteiger partial charge < -0.3 is 10.4 Å². The largest absolute Gasteiger partial charge is 0.388 e. The molecule has 1 saturated carbocycles. The lowest BCUT2D eigenvalue weighted by atomic mass is 10.0. The number of amides is 1. The van der Waals surface area contributed by atoms with Crippen molar-refractivity contribution in [1.29, 1.82) is 0 Å². The number of nitrogens with zero attached hydrogens (tertiary/aromatic N) is 3. The highest BCUT2D eigenvalue weighted by molar-refractivity contribution is 6.05. The number of aliphatic hydroxyl groups is 1. The first-order valence-corrected chi connectivity index (χ1v) is 7.28. The van der Waals surface area contributed by atoms with Gasteiger partial charge in [0, 0.05) is 19.3 Å². The molecule has 1 aliphatic rings. The Balaban J connectivity index is 1.84. The zero-order valence-electron chi connectivity index (χ0n) is 12.4. The quantitative estimate of drug-likeness (QED) is 0.892. The first-order chi connectivity index (χ1) is 9.98. The fourth-order valence-electron chi connectivity index (χ4n) is 2.98. The number of hydrogen-bond acceptors (Lipinski definition) is 4. The molecule has 0 saturated heterocycles. The van der Waals surface area contributed by atoms with E-state index in [2.05, 4.69) is 15.4 Å². The van der Waals surface area contributed by atoms with Crippen molar-refractivity contribution in [1.82, 2.24) is 20.1 Å². The van der Waals surface area contributed by atoms with E-state index in [1.807, 2.05) is 6.92 Å². The summed E-state index contributed by atoms with van der Waals surface area (Å²) in [7, 11) is 1.80. The van der Waals surface area contributed by atoms with Gasteiger partial charge in [-0.25, -0.2) is 4.98 Å². The number of aromatic nitrogens is 3. The van der Waals surface area contributed by atoms with Crippen molar-refractivity contribution in [2.45, 2.75) is 38.2 Å². The number of aryl methyl sites for hydroxylation is 2. The summed E-state index contributed by atoms with van der Waals surface area (Å²) in [4.78, 5) is 16.8. The molecule has 0 aromatic carbocycles. The van der Waals surface area contributed by atoms with E-state index in [-0.39, 0.29) is 5.91 Å². The van der Waals surface area contributed by atoms with Gasteiger partial charge >= 0.3 is 0 Å². The van der Waals surface area contributed by atoms with E-state index in [1.165, 1.54) is 0 Å². The van der Waals surface area contributed by atoms with Crippen molar-refractivity contribution in [3.8, 4) is 0 Å². The van der Waals surface area contributed by atoms with Gasteiger partial charge in [-0.05, 0) is 25.8 Å². The molecular weight excluding hydrogens is 268 g/mol. The lowest BCUT2D eigenvalue weighted by Crippen LogP contribution is -2.40. The molecule has 0 bridgehead atoms. The summed E-state index contributed by atoms with van der Waals surface area (Å²) in [5.74, 6) is -0.182. The Morgan fingerprint density at radius 1 is 1.48 bits per heavy atom.